The van der Waals surface area contributed by atoms with Crippen molar-refractivity contribution < 1.29 is 14.3 Å². The minimum atomic E-state index is -0.137. The van der Waals surface area contributed by atoms with Crippen LogP contribution in [0.5, 0.6) is 5.75 Å². The average molecular weight is 364 g/mol. The van der Waals surface area contributed by atoms with Gasteiger partial charge in [0.05, 0.1) is 0 Å². The molecule has 0 N–H and O–H groups in total. The fourth-order valence-corrected chi connectivity index (χ4v) is 4.16. The summed E-state index contributed by atoms with van der Waals surface area (Å²) in [4.78, 5) is 29.0. The fourth-order valence-electron chi connectivity index (χ4n) is 4.16. The maximum absolute atomic E-state index is 12.7. The molecule has 27 heavy (non-hydrogen) atoms. The number of likely N-dealkylation sites (tertiary alicyclic amines) is 1. The van der Waals surface area contributed by atoms with Gasteiger partial charge in [-0.2, -0.15) is 0 Å². The second kappa shape index (κ2) is 7.06. The second-order valence-corrected chi connectivity index (χ2v) is 7.61. The molecular formula is C22H24N2O3. The predicted octanol–water partition coefficient (Wildman–Crippen LogP) is 3.03. The second-order valence-electron chi connectivity index (χ2n) is 7.61. The summed E-state index contributed by atoms with van der Waals surface area (Å²) >= 11 is 0. The highest BCUT2D eigenvalue weighted by Gasteiger charge is 2.48. The number of nitrogens with zero attached hydrogens (tertiary/aromatic N) is 2. The lowest BCUT2D eigenvalue weighted by atomic mass is 9.86. The van der Waals surface area contributed by atoms with E-state index in [1.54, 1.807) is 0 Å². The molecule has 0 saturated carbocycles. The van der Waals surface area contributed by atoms with Crippen LogP contribution < -0.4 is 9.64 Å². The number of hydrogen-bond donors (Lipinski definition) is 0. The van der Waals surface area contributed by atoms with Crippen molar-refractivity contribution in [3.63, 3.8) is 0 Å². The highest BCUT2D eigenvalue weighted by atomic mass is 16.5. The molecule has 1 atom stereocenters. The average Bonchev–Trinajstić information content (AvgIpc) is 3.24. The molecule has 2 heterocycles. The highest BCUT2D eigenvalue weighted by Crippen LogP contribution is 2.42. The molecule has 0 radical (unpaired) electrons. The standard InChI is InChI=1S/C22H24N2O3/c1-17-7-5-6-10-19(17)24-16-22(13-20(24)25)11-12-23(15-22)21(26)14-27-18-8-3-2-4-9-18/h2-10H,11-16H2,1H3/t22-/m0/s1. The number of para-hydroxylation sites is 2. The van der Waals surface area contributed by atoms with Crippen LogP contribution in [0.3, 0.4) is 0 Å². The lowest BCUT2D eigenvalue weighted by Gasteiger charge is -2.25. The largest absolute Gasteiger partial charge is 0.484 e. The maximum Gasteiger partial charge on any atom is 0.260 e. The number of carbonyl (C=O) groups is 2. The molecular weight excluding hydrogens is 340 g/mol. The summed E-state index contributed by atoms with van der Waals surface area (Å²) in [6.07, 6.45) is 1.36. The number of anilines is 1. The Kier molecular flexibility index (Phi) is 4.60. The molecule has 2 aromatic carbocycles. The third-order valence-corrected chi connectivity index (χ3v) is 5.62. The van der Waals surface area contributed by atoms with Gasteiger partial charge in [0.1, 0.15) is 5.75 Å². The van der Waals surface area contributed by atoms with E-state index in [0.717, 1.165) is 17.7 Å². The number of benzene rings is 2. The molecule has 2 saturated heterocycles. The van der Waals surface area contributed by atoms with Crippen LogP contribution in [0.1, 0.15) is 18.4 Å². The Morgan fingerprint density at radius 3 is 2.59 bits per heavy atom. The molecule has 2 amide bonds. The van der Waals surface area contributed by atoms with Gasteiger partial charge in [0.15, 0.2) is 6.61 Å². The normalized spacial score (nSPS) is 21.9. The Bertz CT molecular complexity index is 852. The Morgan fingerprint density at radius 2 is 1.81 bits per heavy atom. The molecule has 0 aliphatic carbocycles. The van der Waals surface area contributed by atoms with Gasteiger partial charge in [-0.05, 0) is 37.1 Å². The number of carbonyl (C=O) groups excluding carboxylic acids is 2. The van der Waals surface area contributed by atoms with Gasteiger partial charge in [0, 0.05) is 37.2 Å². The molecule has 2 aliphatic rings. The van der Waals surface area contributed by atoms with Crippen LogP contribution in [0, 0.1) is 12.3 Å². The van der Waals surface area contributed by atoms with Crippen LogP contribution in [0.4, 0.5) is 5.69 Å². The Morgan fingerprint density at radius 1 is 1.07 bits per heavy atom. The number of amides is 2. The predicted molar refractivity (Wildman–Crippen MR) is 104 cm³/mol. The zero-order valence-electron chi connectivity index (χ0n) is 15.6. The number of rotatable bonds is 4. The van der Waals surface area contributed by atoms with Gasteiger partial charge >= 0.3 is 0 Å². The number of ether oxygens (including phenoxy) is 1. The molecule has 5 heteroatoms. The lowest BCUT2D eigenvalue weighted by Crippen LogP contribution is -2.36. The van der Waals surface area contributed by atoms with Gasteiger partial charge in [0.2, 0.25) is 5.91 Å². The van der Waals surface area contributed by atoms with E-state index < -0.39 is 0 Å². The minimum absolute atomic E-state index is 0.0162. The Balaban J connectivity index is 1.39. The molecule has 4 rings (SSSR count). The summed E-state index contributed by atoms with van der Waals surface area (Å²) in [5.74, 6) is 0.832. The van der Waals surface area contributed by atoms with Gasteiger partial charge in [-0.25, -0.2) is 0 Å². The van der Waals surface area contributed by atoms with Crippen molar-refractivity contribution >= 4 is 17.5 Å². The van der Waals surface area contributed by atoms with E-state index >= 15 is 0 Å². The Hall–Kier alpha value is -2.82. The fraction of sp³-hybridized carbons (Fsp3) is 0.364. The number of aryl methyl sites for hydroxylation is 1. The number of hydrogen-bond acceptors (Lipinski definition) is 3. The van der Waals surface area contributed by atoms with Crippen molar-refractivity contribution in [1.82, 2.24) is 4.90 Å². The molecule has 140 valence electrons. The van der Waals surface area contributed by atoms with E-state index in [1.165, 1.54) is 0 Å². The van der Waals surface area contributed by atoms with E-state index in [9.17, 15) is 9.59 Å². The minimum Gasteiger partial charge on any atom is -0.484 e. The van der Waals surface area contributed by atoms with Crippen molar-refractivity contribution in [3.8, 4) is 5.75 Å². The molecule has 2 aromatic rings. The molecule has 0 aromatic heterocycles. The monoisotopic (exact) mass is 364 g/mol. The third-order valence-electron chi connectivity index (χ3n) is 5.62. The molecule has 2 aliphatic heterocycles. The van der Waals surface area contributed by atoms with Gasteiger partial charge in [-0.1, -0.05) is 36.4 Å². The smallest absolute Gasteiger partial charge is 0.260 e. The zero-order chi connectivity index (χ0) is 18.9. The maximum atomic E-state index is 12.7. The third kappa shape index (κ3) is 3.54. The van der Waals surface area contributed by atoms with Crippen LogP contribution in [-0.4, -0.2) is 43.0 Å². The van der Waals surface area contributed by atoms with E-state index in [4.69, 9.17) is 4.74 Å². The highest BCUT2D eigenvalue weighted by molar-refractivity contribution is 5.97. The van der Waals surface area contributed by atoms with Crippen molar-refractivity contribution in [2.75, 3.05) is 31.1 Å². The SMILES string of the molecule is Cc1ccccc1N1C[C@@]2(CCN(C(=O)COc3ccccc3)C2)CC1=O. The summed E-state index contributed by atoms with van der Waals surface area (Å²) in [5.41, 5.74) is 1.95. The van der Waals surface area contributed by atoms with E-state index in [0.29, 0.717) is 31.8 Å². The first-order chi connectivity index (χ1) is 13.1. The summed E-state index contributed by atoms with van der Waals surface area (Å²) in [6.45, 7) is 4.05. The van der Waals surface area contributed by atoms with E-state index in [-0.39, 0.29) is 23.8 Å². The molecule has 1 spiro atoms. The van der Waals surface area contributed by atoms with Gasteiger partial charge in [-0.3, -0.25) is 9.59 Å². The van der Waals surface area contributed by atoms with Crippen LogP contribution in [-0.2, 0) is 9.59 Å². The summed E-state index contributed by atoms with van der Waals surface area (Å²) in [7, 11) is 0. The molecule has 0 unspecified atom stereocenters. The van der Waals surface area contributed by atoms with E-state index in [2.05, 4.69) is 0 Å². The van der Waals surface area contributed by atoms with Crippen LogP contribution >= 0.6 is 0 Å². The van der Waals surface area contributed by atoms with Crippen molar-refractivity contribution in [3.05, 3.63) is 60.2 Å². The molecule has 0 bridgehead atoms. The summed E-state index contributed by atoms with van der Waals surface area (Å²) in [6, 6.07) is 17.3. The topological polar surface area (TPSA) is 49.9 Å². The van der Waals surface area contributed by atoms with Gasteiger partial charge in [-0.15, -0.1) is 0 Å². The molecule has 2 fully saturated rings. The first kappa shape index (κ1) is 17.6. The van der Waals surface area contributed by atoms with Gasteiger partial charge < -0.3 is 14.5 Å². The first-order valence-corrected chi connectivity index (χ1v) is 9.38. The van der Waals surface area contributed by atoms with Crippen LogP contribution in [0.25, 0.3) is 0 Å². The van der Waals surface area contributed by atoms with Crippen molar-refractivity contribution in [2.24, 2.45) is 5.41 Å². The van der Waals surface area contributed by atoms with Crippen molar-refractivity contribution in [2.45, 2.75) is 19.8 Å². The first-order valence-electron chi connectivity index (χ1n) is 9.38. The summed E-state index contributed by atoms with van der Waals surface area (Å²) in [5, 5.41) is 0. The van der Waals surface area contributed by atoms with E-state index in [1.807, 2.05) is 71.3 Å². The Labute approximate surface area is 159 Å². The quantitative estimate of drug-likeness (QED) is 0.838. The molecule has 5 nitrogen and oxygen atoms in total. The van der Waals surface area contributed by atoms with Crippen LogP contribution in [0.15, 0.2) is 54.6 Å². The lowest BCUT2D eigenvalue weighted by molar-refractivity contribution is -0.132. The van der Waals surface area contributed by atoms with Crippen LogP contribution in [0.2, 0.25) is 0 Å². The van der Waals surface area contributed by atoms with Gasteiger partial charge in [0.25, 0.3) is 5.91 Å². The zero-order valence-corrected chi connectivity index (χ0v) is 15.6. The van der Waals surface area contributed by atoms with Crippen molar-refractivity contribution in [1.29, 1.82) is 0 Å². The summed E-state index contributed by atoms with van der Waals surface area (Å²) < 4.78 is 5.59.